The van der Waals surface area contributed by atoms with Gasteiger partial charge in [-0.25, -0.2) is 4.52 Å². The number of amides is 2. The number of carbonyl (C=O) groups excluding carboxylic acids is 2. The Kier molecular flexibility index (Phi) is 4.14. The molecule has 5 N–H and O–H groups in total. The highest BCUT2D eigenvalue weighted by atomic mass is 16.1. The third kappa shape index (κ3) is 3.16. The van der Waals surface area contributed by atoms with E-state index in [1.165, 1.54) is 6.20 Å². The van der Waals surface area contributed by atoms with Gasteiger partial charge in [0.15, 0.2) is 0 Å². The number of anilines is 1. The lowest BCUT2D eigenvalue weighted by molar-refractivity contribution is 0.0992. The van der Waals surface area contributed by atoms with E-state index in [9.17, 15) is 9.59 Å². The first-order valence-electron chi connectivity index (χ1n) is 7.85. The number of hydrogen-bond donors (Lipinski definition) is 3. The molecule has 0 saturated carbocycles. The van der Waals surface area contributed by atoms with Crippen LogP contribution >= 0.6 is 0 Å². The molecule has 0 saturated heterocycles. The molecule has 2 amide bonds. The van der Waals surface area contributed by atoms with Gasteiger partial charge in [0, 0.05) is 23.4 Å². The highest BCUT2D eigenvalue weighted by molar-refractivity contribution is 6.02. The van der Waals surface area contributed by atoms with Crippen LogP contribution in [0.1, 0.15) is 34.6 Å². The number of hydrogen-bond acceptors (Lipinski definition) is 4. The Morgan fingerprint density at radius 3 is 2.32 bits per heavy atom. The highest BCUT2D eigenvalue weighted by Crippen LogP contribution is 2.29. The second-order valence-electron chi connectivity index (χ2n) is 6.10. The van der Waals surface area contributed by atoms with Gasteiger partial charge in [0.05, 0.1) is 23.0 Å². The molecule has 7 heteroatoms. The van der Waals surface area contributed by atoms with E-state index in [-0.39, 0.29) is 6.04 Å². The Morgan fingerprint density at radius 2 is 1.76 bits per heavy atom. The Hall–Kier alpha value is -3.35. The summed E-state index contributed by atoms with van der Waals surface area (Å²) in [6.45, 7) is 3.96. The number of nitrogens with one attached hydrogen (secondary N) is 1. The number of nitrogens with two attached hydrogens (primary N) is 2. The third-order valence-corrected chi connectivity index (χ3v) is 3.84. The minimum atomic E-state index is -0.535. The minimum Gasteiger partial charge on any atom is -0.380 e. The third-order valence-electron chi connectivity index (χ3n) is 3.84. The fourth-order valence-corrected chi connectivity index (χ4v) is 2.67. The molecule has 0 radical (unpaired) electrons. The van der Waals surface area contributed by atoms with E-state index >= 15 is 0 Å². The van der Waals surface area contributed by atoms with Gasteiger partial charge in [0.25, 0.3) is 5.91 Å². The summed E-state index contributed by atoms with van der Waals surface area (Å²) >= 11 is 0. The monoisotopic (exact) mass is 337 g/mol. The zero-order valence-corrected chi connectivity index (χ0v) is 14.0. The Morgan fingerprint density at radius 1 is 1.08 bits per heavy atom. The van der Waals surface area contributed by atoms with Crippen LogP contribution in [-0.2, 0) is 0 Å². The van der Waals surface area contributed by atoms with Gasteiger partial charge in [-0.3, -0.25) is 9.59 Å². The summed E-state index contributed by atoms with van der Waals surface area (Å²) in [5.74, 6) is -1.00. The molecule has 3 aromatic rings. The predicted octanol–water partition coefficient (Wildman–Crippen LogP) is 2.02. The van der Waals surface area contributed by atoms with Crippen LogP contribution in [-0.4, -0.2) is 27.5 Å². The van der Waals surface area contributed by atoms with Crippen LogP contribution < -0.4 is 16.8 Å². The van der Waals surface area contributed by atoms with E-state index in [1.807, 2.05) is 38.2 Å². The molecule has 0 atom stereocenters. The quantitative estimate of drug-likeness (QED) is 0.660. The van der Waals surface area contributed by atoms with Gasteiger partial charge in [-0.2, -0.15) is 5.10 Å². The van der Waals surface area contributed by atoms with Crippen molar-refractivity contribution in [1.82, 2.24) is 9.61 Å². The Labute approximate surface area is 144 Å². The number of primary amides is 2. The lowest BCUT2D eigenvalue weighted by Gasteiger charge is -2.14. The molecule has 2 heterocycles. The molecule has 2 aromatic heterocycles. The lowest BCUT2D eigenvalue weighted by Crippen LogP contribution is -2.19. The molecule has 25 heavy (non-hydrogen) atoms. The largest absolute Gasteiger partial charge is 0.380 e. The van der Waals surface area contributed by atoms with Crippen molar-refractivity contribution in [3.63, 3.8) is 0 Å². The van der Waals surface area contributed by atoms with Crippen LogP contribution in [0.5, 0.6) is 0 Å². The van der Waals surface area contributed by atoms with Crippen LogP contribution in [0.25, 0.3) is 16.6 Å². The van der Waals surface area contributed by atoms with E-state index < -0.39 is 11.8 Å². The maximum atomic E-state index is 11.7. The lowest BCUT2D eigenvalue weighted by atomic mass is 10.1. The fourth-order valence-electron chi connectivity index (χ4n) is 2.67. The van der Waals surface area contributed by atoms with Crippen LogP contribution in [0.2, 0.25) is 0 Å². The van der Waals surface area contributed by atoms with Crippen molar-refractivity contribution in [2.75, 3.05) is 5.32 Å². The first-order valence-corrected chi connectivity index (χ1v) is 7.85. The van der Waals surface area contributed by atoms with Gasteiger partial charge in [0.1, 0.15) is 0 Å². The number of benzene rings is 1. The molecule has 0 bridgehead atoms. The van der Waals surface area contributed by atoms with Gasteiger partial charge in [0.2, 0.25) is 5.91 Å². The van der Waals surface area contributed by atoms with Crippen LogP contribution in [0.4, 0.5) is 5.69 Å². The highest BCUT2D eigenvalue weighted by Gasteiger charge is 2.16. The number of fused-ring (bicyclic) bond motifs is 1. The summed E-state index contributed by atoms with van der Waals surface area (Å²) in [7, 11) is 0. The number of nitrogens with zero attached hydrogens (tertiary/aromatic N) is 2. The molecule has 3 rings (SSSR count). The van der Waals surface area contributed by atoms with E-state index in [0.717, 1.165) is 16.6 Å². The van der Waals surface area contributed by atoms with Gasteiger partial charge in [-0.15, -0.1) is 0 Å². The normalized spacial score (nSPS) is 11.0. The Balaban J connectivity index is 2.13. The van der Waals surface area contributed by atoms with Crippen LogP contribution in [0.3, 0.4) is 0 Å². The smallest absolute Gasteiger partial charge is 0.252 e. The summed E-state index contributed by atoms with van der Waals surface area (Å²) in [6, 6.07) is 9.03. The molecule has 0 unspecified atom stereocenters. The van der Waals surface area contributed by atoms with E-state index in [4.69, 9.17) is 11.5 Å². The molecule has 0 aliphatic heterocycles. The van der Waals surface area contributed by atoms with E-state index in [0.29, 0.717) is 16.8 Å². The maximum absolute atomic E-state index is 11.7. The van der Waals surface area contributed by atoms with Crippen LogP contribution in [0, 0.1) is 0 Å². The van der Waals surface area contributed by atoms with Gasteiger partial charge in [-0.1, -0.05) is 12.1 Å². The molecular formula is C18H19N5O2. The summed E-state index contributed by atoms with van der Waals surface area (Å²) < 4.78 is 1.69. The van der Waals surface area contributed by atoms with Crippen molar-refractivity contribution in [1.29, 1.82) is 0 Å². The van der Waals surface area contributed by atoms with Crippen molar-refractivity contribution in [2.24, 2.45) is 11.5 Å². The summed E-state index contributed by atoms with van der Waals surface area (Å²) in [5.41, 5.74) is 14.7. The molecule has 1 aromatic carbocycles. The zero-order chi connectivity index (χ0) is 18.1. The second-order valence-corrected chi connectivity index (χ2v) is 6.10. The van der Waals surface area contributed by atoms with Crippen molar-refractivity contribution < 1.29 is 9.59 Å². The maximum Gasteiger partial charge on any atom is 0.252 e. The van der Waals surface area contributed by atoms with E-state index in [1.54, 1.807) is 16.6 Å². The first kappa shape index (κ1) is 16.5. The van der Waals surface area contributed by atoms with Crippen molar-refractivity contribution in [3.05, 3.63) is 53.9 Å². The fraction of sp³-hybridized carbons (Fsp3) is 0.167. The summed E-state index contributed by atoms with van der Waals surface area (Å²) in [5, 5.41) is 7.53. The average molecular weight is 337 g/mol. The summed E-state index contributed by atoms with van der Waals surface area (Å²) in [6.07, 6.45) is 3.31. The molecule has 128 valence electrons. The number of carbonyl (C=O) groups is 2. The molecule has 0 aliphatic carbocycles. The van der Waals surface area contributed by atoms with Crippen molar-refractivity contribution in [2.45, 2.75) is 19.9 Å². The summed E-state index contributed by atoms with van der Waals surface area (Å²) in [4.78, 5) is 22.9. The number of rotatable bonds is 5. The van der Waals surface area contributed by atoms with Gasteiger partial charge >= 0.3 is 0 Å². The van der Waals surface area contributed by atoms with E-state index in [2.05, 4.69) is 10.4 Å². The molecule has 0 spiro atoms. The molecule has 0 fully saturated rings. The molecular weight excluding hydrogens is 318 g/mol. The number of aromatic nitrogens is 2. The molecule has 7 nitrogen and oxygen atoms in total. The predicted molar refractivity (Wildman–Crippen MR) is 96.4 cm³/mol. The standard InChI is InChI=1S/C18H19N5O2/c1-10(2)22-16-14(18(20)25)8-21-23-9-13(7-15(16)23)11-3-5-12(6-4-11)17(19)24/h3-10,22H,1-2H3,(H2,19,24)(H2,20,25). The topological polar surface area (TPSA) is 116 Å². The minimum absolute atomic E-state index is 0.123. The van der Waals surface area contributed by atoms with Gasteiger partial charge < -0.3 is 16.8 Å². The SMILES string of the molecule is CC(C)Nc1c(C(N)=O)cnn2cc(-c3ccc(C(N)=O)cc3)cc12. The first-order chi connectivity index (χ1) is 11.9. The van der Waals surface area contributed by atoms with Gasteiger partial charge in [-0.05, 0) is 37.6 Å². The molecule has 0 aliphatic rings. The van der Waals surface area contributed by atoms with Crippen molar-refractivity contribution >= 4 is 23.0 Å². The van der Waals surface area contributed by atoms with Crippen LogP contribution in [0.15, 0.2) is 42.7 Å². The second kappa shape index (κ2) is 6.27. The zero-order valence-electron chi connectivity index (χ0n) is 14.0. The Bertz CT molecular complexity index is 958. The van der Waals surface area contributed by atoms with Crippen molar-refractivity contribution in [3.8, 4) is 11.1 Å². The average Bonchev–Trinajstić information content (AvgIpc) is 2.99.